The van der Waals surface area contributed by atoms with Gasteiger partial charge in [0.15, 0.2) is 5.13 Å². The Labute approximate surface area is 207 Å². The van der Waals surface area contributed by atoms with Crippen molar-refractivity contribution in [2.24, 2.45) is 0 Å². The Morgan fingerprint density at radius 3 is 2.43 bits per heavy atom. The predicted octanol–water partition coefficient (Wildman–Crippen LogP) is 3.95. The first-order valence-electron chi connectivity index (χ1n) is 11.0. The molecule has 0 unspecified atom stereocenters. The van der Waals surface area contributed by atoms with E-state index in [2.05, 4.69) is 25.9 Å². The van der Waals surface area contributed by atoms with E-state index in [-0.39, 0.29) is 11.6 Å². The summed E-state index contributed by atoms with van der Waals surface area (Å²) in [6.07, 6.45) is 3.70. The van der Waals surface area contributed by atoms with Gasteiger partial charge < -0.3 is 20.7 Å². The Balaban J connectivity index is 1.42. The van der Waals surface area contributed by atoms with Gasteiger partial charge in [0.1, 0.15) is 17.5 Å². The summed E-state index contributed by atoms with van der Waals surface area (Å²) < 4.78 is 5.17. The number of nitrogens with zero attached hydrogens (tertiary/aromatic N) is 2. The zero-order valence-corrected chi connectivity index (χ0v) is 19.9. The molecule has 178 valence electrons. The second-order valence-corrected chi connectivity index (χ2v) is 8.54. The van der Waals surface area contributed by atoms with Gasteiger partial charge in [0, 0.05) is 36.4 Å². The fourth-order valence-electron chi connectivity index (χ4n) is 3.34. The van der Waals surface area contributed by atoms with Gasteiger partial charge in [-0.05, 0) is 47.5 Å². The molecule has 4 rings (SSSR count). The van der Waals surface area contributed by atoms with E-state index in [1.165, 1.54) is 11.3 Å². The Morgan fingerprint density at radius 2 is 1.71 bits per heavy atom. The molecule has 4 aromatic rings. The quantitative estimate of drug-likeness (QED) is 0.313. The van der Waals surface area contributed by atoms with Crippen LogP contribution in [-0.2, 0) is 17.8 Å². The molecule has 0 aliphatic carbocycles. The van der Waals surface area contributed by atoms with Crippen LogP contribution >= 0.6 is 11.3 Å². The Kier molecular flexibility index (Phi) is 8.03. The molecule has 35 heavy (non-hydrogen) atoms. The van der Waals surface area contributed by atoms with E-state index in [0.29, 0.717) is 18.1 Å². The molecule has 8 nitrogen and oxygen atoms in total. The van der Waals surface area contributed by atoms with E-state index in [1.807, 2.05) is 66.7 Å². The molecule has 2 aromatic carbocycles. The molecule has 0 radical (unpaired) electrons. The van der Waals surface area contributed by atoms with E-state index in [4.69, 9.17) is 4.74 Å². The number of carbonyl (C=O) groups excluding carboxylic acids is 2. The number of anilines is 2. The van der Waals surface area contributed by atoms with Crippen LogP contribution < -0.4 is 20.7 Å². The van der Waals surface area contributed by atoms with Gasteiger partial charge in [-0.25, -0.2) is 4.98 Å². The summed E-state index contributed by atoms with van der Waals surface area (Å²) in [5, 5.41) is 11.2. The van der Waals surface area contributed by atoms with E-state index in [1.54, 1.807) is 24.9 Å². The molecular formula is C26H25N5O3S. The van der Waals surface area contributed by atoms with Crippen molar-refractivity contribution in [3.63, 3.8) is 0 Å². The van der Waals surface area contributed by atoms with E-state index in [9.17, 15) is 9.59 Å². The molecule has 0 aliphatic heterocycles. The molecule has 2 heterocycles. The molecule has 3 N–H and O–H groups in total. The molecule has 2 amide bonds. The number of carbonyl (C=O) groups is 2. The zero-order chi connectivity index (χ0) is 24.5. The third-order valence-electron chi connectivity index (χ3n) is 5.20. The molecule has 0 saturated heterocycles. The maximum absolute atomic E-state index is 13.0. The van der Waals surface area contributed by atoms with Crippen molar-refractivity contribution in [1.29, 1.82) is 0 Å². The van der Waals surface area contributed by atoms with Crippen LogP contribution in [0.1, 0.15) is 21.6 Å². The molecule has 0 saturated carbocycles. The minimum absolute atomic E-state index is 0.242. The molecule has 9 heteroatoms. The molecule has 2 aromatic heterocycles. The summed E-state index contributed by atoms with van der Waals surface area (Å²) in [5.74, 6) is 0.0660. The first-order chi connectivity index (χ1) is 17.1. The smallest absolute Gasteiger partial charge is 0.271 e. The van der Waals surface area contributed by atoms with Crippen LogP contribution in [0.2, 0.25) is 0 Å². The van der Waals surface area contributed by atoms with Crippen molar-refractivity contribution < 1.29 is 14.3 Å². The van der Waals surface area contributed by atoms with Crippen LogP contribution in [-0.4, -0.2) is 34.9 Å². The van der Waals surface area contributed by atoms with Crippen molar-refractivity contribution in [2.75, 3.05) is 12.4 Å². The average molecular weight is 488 g/mol. The Bertz CT molecular complexity index is 1250. The number of pyridine rings is 1. The summed E-state index contributed by atoms with van der Waals surface area (Å²) in [5.41, 5.74) is 2.93. The second-order valence-electron chi connectivity index (χ2n) is 7.68. The molecule has 0 aliphatic rings. The largest absolute Gasteiger partial charge is 0.497 e. The van der Waals surface area contributed by atoms with Gasteiger partial charge in [-0.1, -0.05) is 30.3 Å². The van der Waals surface area contributed by atoms with Crippen LogP contribution in [0.15, 0.2) is 84.5 Å². The lowest BCUT2D eigenvalue weighted by atomic mass is 10.0. The lowest BCUT2D eigenvalue weighted by Gasteiger charge is -2.18. The van der Waals surface area contributed by atoms with Crippen molar-refractivity contribution in [3.05, 3.63) is 101 Å². The predicted molar refractivity (Wildman–Crippen MR) is 136 cm³/mol. The van der Waals surface area contributed by atoms with Gasteiger partial charge in [0.25, 0.3) is 5.91 Å². The second kappa shape index (κ2) is 11.8. The number of thiazole rings is 1. The first kappa shape index (κ1) is 23.9. The van der Waals surface area contributed by atoms with E-state index in [0.717, 1.165) is 22.6 Å². The van der Waals surface area contributed by atoms with Gasteiger partial charge in [0.05, 0.1) is 7.11 Å². The highest BCUT2D eigenvalue weighted by Gasteiger charge is 2.23. The van der Waals surface area contributed by atoms with Gasteiger partial charge >= 0.3 is 0 Å². The number of hydrogen-bond donors (Lipinski definition) is 3. The minimum atomic E-state index is -0.758. The Hall–Kier alpha value is -4.24. The molecule has 1 atom stereocenters. The maximum Gasteiger partial charge on any atom is 0.271 e. The number of rotatable bonds is 10. The first-order valence-corrected chi connectivity index (χ1v) is 11.9. The molecule has 0 spiro atoms. The van der Waals surface area contributed by atoms with Crippen molar-refractivity contribution in [1.82, 2.24) is 20.6 Å². The summed E-state index contributed by atoms with van der Waals surface area (Å²) in [7, 11) is 1.61. The Morgan fingerprint density at radius 1 is 0.971 bits per heavy atom. The van der Waals surface area contributed by atoms with Crippen LogP contribution in [0, 0.1) is 0 Å². The van der Waals surface area contributed by atoms with Gasteiger partial charge in [-0.15, -0.1) is 11.3 Å². The normalized spacial score (nSPS) is 11.3. The van der Waals surface area contributed by atoms with Gasteiger partial charge in [0.2, 0.25) is 5.91 Å². The fraction of sp³-hybridized carbons (Fsp3) is 0.154. The third-order valence-corrected chi connectivity index (χ3v) is 5.96. The SMILES string of the molecule is COc1ccc(Nc2nc(C(=O)N[C@H](Cc3ccccc3)C(=O)NCc3ccncc3)cs2)cc1. The minimum Gasteiger partial charge on any atom is -0.497 e. The lowest BCUT2D eigenvalue weighted by Crippen LogP contribution is -2.47. The third kappa shape index (κ3) is 6.87. The van der Waals surface area contributed by atoms with Gasteiger partial charge in [-0.2, -0.15) is 0 Å². The van der Waals surface area contributed by atoms with Crippen molar-refractivity contribution in [2.45, 2.75) is 19.0 Å². The number of benzene rings is 2. The van der Waals surface area contributed by atoms with Crippen LogP contribution in [0.3, 0.4) is 0 Å². The standard InChI is InChI=1S/C26H25N5O3S/c1-34-21-9-7-20(8-10-21)29-26-31-23(17-35-26)25(33)30-22(15-18-5-3-2-4-6-18)24(32)28-16-19-11-13-27-14-12-19/h2-14,17,22H,15-16H2,1H3,(H,28,32)(H,29,31)(H,30,33)/t22-/m1/s1. The van der Waals surface area contributed by atoms with Crippen molar-refractivity contribution in [3.8, 4) is 5.75 Å². The lowest BCUT2D eigenvalue weighted by molar-refractivity contribution is -0.123. The van der Waals surface area contributed by atoms with Crippen LogP contribution in [0.5, 0.6) is 5.75 Å². The summed E-state index contributed by atoms with van der Waals surface area (Å²) in [6, 6.07) is 19.9. The van der Waals surface area contributed by atoms with Gasteiger partial charge in [-0.3, -0.25) is 14.6 Å². The number of nitrogens with one attached hydrogen (secondary N) is 3. The number of aromatic nitrogens is 2. The van der Waals surface area contributed by atoms with Crippen molar-refractivity contribution >= 4 is 34.0 Å². The summed E-state index contributed by atoms with van der Waals surface area (Å²) in [4.78, 5) is 34.4. The molecule has 0 bridgehead atoms. The summed E-state index contributed by atoms with van der Waals surface area (Å²) in [6.45, 7) is 0.342. The number of hydrogen-bond acceptors (Lipinski definition) is 7. The van der Waals surface area contributed by atoms with Crippen LogP contribution in [0.25, 0.3) is 0 Å². The topological polar surface area (TPSA) is 105 Å². The summed E-state index contributed by atoms with van der Waals surface area (Å²) >= 11 is 1.31. The number of methoxy groups -OCH3 is 1. The number of ether oxygens (including phenoxy) is 1. The highest BCUT2D eigenvalue weighted by atomic mass is 32.1. The average Bonchev–Trinajstić information content (AvgIpc) is 3.37. The molecular weight excluding hydrogens is 462 g/mol. The molecule has 0 fully saturated rings. The highest BCUT2D eigenvalue weighted by Crippen LogP contribution is 2.23. The van der Waals surface area contributed by atoms with E-state index < -0.39 is 11.9 Å². The maximum atomic E-state index is 13.0. The highest BCUT2D eigenvalue weighted by molar-refractivity contribution is 7.14. The fourth-order valence-corrected chi connectivity index (χ4v) is 4.05. The zero-order valence-electron chi connectivity index (χ0n) is 19.1. The van der Waals surface area contributed by atoms with Crippen LogP contribution in [0.4, 0.5) is 10.8 Å². The van der Waals surface area contributed by atoms with E-state index >= 15 is 0 Å². The number of amides is 2. The monoisotopic (exact) mass is 487 g/mol.